The zero-order chi connectivity index (χ0) is 9.68. The largest absolute Gasteiger partial charge is 0.481 e. The van der Waals surface area contributed by atoms with Crippen molar-refractivity contribution >= 4 is 5.97 Å². The molecule has 0 aliphatic rings. The maximum Gasteiger partial charge on any atom is 0.303 e. The van der Waals surface area contributed by atoms with E-state index < -0.39 is 5.97 Å². The van der Waals surface area contributed by atoms with Crippen molar-refractivity contribution in [3.05, 3.63) is 35.4 Å². The zero-order valence-electron chi connectivity index (χ0n) is 7.03. The number of nitriles is 1. The number of benzene rings is 1. The molecule has 13 heavy (non-hydrogen) atoms. The molecule has 0 bridgehead atoms. The second-order valence-electron chi connectivity index (χ2n) is 2.66. The van der Waals surface area contributed by atoms with Gasteiger partial charge in [-0.2, -0.15) is 5.26 Å². The van der Waals surface area contributed by atoms with Gasteiger partial charge in [0.05, 0.1) is 11.6 Å². The van der Waals surface area contributed by atoms with Crippen molar-refractivity contribution in [1.29, 1.82) is 5.26 Å². The molecule has 66 valence electrons. The van der Waals surface area contributed by atoms with Crippen LogP contribution in [0.4, 0.5) is 0 Å². The molecule has 0 amide bonds. The van der Waals surface area contributed by atoms with Gasteiger partial charge < -0.3 is 5.11 Å². The number of carbonyl (C=O) groups is 1. The molecule has 1 aromatic carbocycles. The first-order valence-corrected chi connectivity index (χ1v) is 3.94. The fraction of sp³-hybridized carbons (Fsp3) is 0.200. The molecular formula is C10H9NO2. The van der Waals surface area contributed by atoms with Gasteiger partial charge >= 0.3 is 5.97 Å². The molecule has 0 radical (unpaired) electrons. The predicted octanol–water partition coefficient (Wildman–Crippen LogP) is 1.58. The molecule has 1 aromatic rings. The van der Waals surface area contributed by atoms with Gasteiger partial charge in [0.2, 0.25) is 0 Å². The minimum Gasteiger partial charge on any atom is -0.481 e. The van der Waals surface area contributed by atoms with E-state index >= 15 is 0 Å². The quantitative estimate of drug-likeness (QED) is 0.758. The van der Waals surface area contributed by atoms with E-state index in [0.717, 1.165) is 5.56 Å². The third-order valence-corrected chi connectivity index (χ3v) is 1.75. The Hall–Kier alpha value is -1.82. The lowest BCUT2D eigenvalue weighted by Crippen LogP contribution is -1.98. The number of hydrogen-bond donors (Lipinski definition) is 1. The first-order valence-electron chi connectivity index (χ1n) is 3.94. The lowest BCUT2D eigenvalue weighted by atomic mass is 10.0. The molecule has 0 aromatic heterocycles. The number of carboxylic acids is 1. The Labute approximate surface area is 76.2 Å². The first-order chi connectivity index (χ1) is 6.24. The molecule has 0 heterocycles. The van der Waals surface area contributed by atoms with Crippen LogP contribution in [0.2, 0.25) is 0 Å². The Kier molecular flexibility index (Phi) is 3.04. The van der Waals surface area contributed by atoms with Crippen LogP contribution in [0.25, 0.3) is 0 Å². The second-order valence-corrected chi connectivity index (χ2v) is 2.66. The molecular weight excluding hydrogens is 166 g/mol. The van der Waals surface area contributed by atoms with E-state index in [1.54, 1.807) is 24.3 Å². The van der Waals surface area contributed by atoms with E-state index in [1.165, 1.54) is 0 Å². The summed E-state index contributed by atoms with van der Waals surface area (Å²) >= 11 is 0. The van der Waals surface area contributed by atoms with E-state index in [1.807, 2.05) is 6.07 Å². The van der Waals surface area contributed by atoms with Gasteiger partial charge in [0.1, 0.15) is 0 Å². The summed E-state index contributed by atoms with van der Waals surface area (Å²) in [4.78, 5) is 10.3. The smallest absolute Gasteiger partial charge is 0.303 e. The summed E-state index contributed by atoms with van der Waals surface area (Å²) in [6, 6.07) is 9.07. The summed E-state index contributed by atoms with van der Waals surface area (Å²) in [7, 11) is 0. The molecule has 3 nitrogen and oxygen atoms in total. The number of nitrogens with zero attached hydrogens (tertiary/aromatic N) is 1. The van der Waals surface area contributed by atoms with Crippen LogP contribution in [-0.4, -0.2) is 11.1 Å². The molecule has 0 saturated carbocycles. The van der Waals surface area contributed by atoms with E-state index in [2.05, 4.69) is 0 Å². The van der Waals surface area contributed by atoms with Gasteiger partial charge in [-0.25, -0.2) is 0 Å². The minimum absolute atomic E-state index is 0.0681. The normalized spacial score (nSPS) is 9.15. The molecule has 0 atom stereocenters. The molecule has 0 aliphatic carbocycles. The number of carboxylic acid groups (broad SMARTS) is 1. The third-order valence-electron chi connectivity index (χ3n) is 1.75. The fourth-order valence-corrected chi connectivity index (χ4v) is 1.09. The third kappa shape index (κ3) is 2.60. The number of aryl methyl sites for hydroxylation is 1. The summed E-state index contributed by atoms with van der Waals surface area (Å²) in [6.07, 6.45) is 0.484. The molecule has 1 N–H and O–H groups in total. The molecule has 3 heteroatoms. The Morgan fingerprint density at radius 1 is 1.46 bits per heavy atom. The van der Waals surface area contributed by atoms with E-state index in [9.17, 15) is 4.79 Å². The van der Waals surface area contributed by atoms with Gasteiger partial charge in [-0.3, -0.25) is 4.79 Å². The van der Waals surface area contributed by atoms with Crippen molar-refractivity contribution in [3.63, 3.8) is 0 Å². The highest BCUT2D eigenvalue weighted by Crippen LogP contribution is 2.09. The molecule has 1 rings (SSSR count). The van der Waals surface area contributed by atoms with Crippen LogP contribution < -0.4 is 0 Å². The maximum absolute atomic E-state index is 10.3. The molecule has 0 spiro atoms. The van der Waals surface area contributed by atoms with Crippen LogP contribution in [-0.2, 0) is 11.2 Å². The second kappa shape index (κ2) is 4.27. The van der Waals surface area contributed by atoms with E-state index in [4.69, 9.17) is 10.4 Å². The topological polar surface area (TPSA) is 61.1 Å². The maximum atomic E-state index is 10.3. The number of rotatable bonds is 3. The van der Waals surface area contributed by atoms with Crippen molar-refractivity contribution < 1.29 is 9.90 Å². The Bertz CT molecular complexity index is 352. The molecule has 0 saturated heterocycles. The summed E-state index contributed by atoms with van der Waals surface area (Å²) < 4.78 is 0. The van der Waals surface area contributed by atoms with Crippen LogP contribution in [0.15, 0.2) is 24.3 Å². The molecule has 0 unspecified atom stereocenters. The van der Waals surface area contributed by atoms with Gasteiger partial charge in [0, 0.05) is 6.42 Å². The van der Waals surface area contributed by atoms with Crippen LogP contribution in [0.1, 0.15) is 17.5 Å². The van der Waals surface area contributed by atoms with E-state index in [0.29, 0.717) is 12.0 Å². The first kappa shape index (κ1) is 9.27. The highest BCUT2D eigenvalue weighted by molar-refractivity contribution is 5.67. The SMILES string of the molecule is N#Cc1ccccc1CCC(=O)O. The predicted molar refractivity (Wildman–Crippen MR) is 47.1 cm³/mol. The number of hydrogen-bond acceptors (Lipinski definition) is 2. The Morgan fingerprint density at radius 3 is 2.77 bits per heavy atom. The van der Waals surface area contributed by atoms with Crippen LogP contribution in [0.5, 0.6) is 0 Å². The zero-order valence-corrected chi connectivity index (χ0v) is 7.03. The highest BCUT2D eigenvalue weighted by Gasteiger charge is 2.02. The molecule has 0 aliphatic heterocycles. The average molecular weight is 175 g/mol. The highest BCUT2D eigenvalue weighted by atomic mass is 16.4. The fourth-order valence-electron chi connectivity index (χ4n) is 1.09. The van der Waals surface area contributed by atoms with E-state index in [-0.39, 0.29) is 6.42 Å². The van der Waals surface area contributed by atoms with Gasteiger partial charge in [-0.1, -0.05) is 18.2 Å². The summed E-state index contributed by atoms with van der Waals surface area (Å²) in [5.74, 6) is -0.840. The summed E-state index contributed by atoms with van der Waals surface area (Å²) in [6.45, 7) is 0. The van der Waals surface area contributed by atoms with Crippen molar-refractivity contribution in [2.45, 2.75) is 12.8 Å². The van der Waals surface area contributed by atoms with Gasteiger partial charge in [0.15, 0.2) is 0 Å². The van der Waals surface area contributed by atoms with Crippen molar-refractivity contribution in [2.24, 2.45) is 0 Å². The van der Waals surface area contributed by atoms with Crippen molar-refractivity contribution in [1.82, 2.24) is 0 Å². The summed E-state index contributed by atoms with van der Waals surface area (Å²) in [5.41, 5.74) is 1.36. The van der Waals surface area contributed by atoms with Crippen molar-refractivity contribution in [2.75, 3.05) is 0 Å². The standard InChI is InChI=1S/C10H9NO2/c11-7-9-4-2-1-3-8(9)5-6-10(12)13/h1-4H,5-6H2,(H,12,13). The Balaban J connectivity index is 2.77. The van der Waals surface area contributed by atoms with Gasteiger partial charge in [-0.15, -0.1) is 0 Å². The Morgan fingerprint density at radius 2 is 2.15 bits per heavy atom. The minimum atomic E-state index is -0.840. The van der Waals surface area contributed by atoms with Gasteiger partial charge in [-0.05, 0) is 18.1 Å². The lowest BCUT2D eigenvalue weighted by Gasteiger charge is -1.99. The molecule has 0 fully saturated rings. The van der Waals surface area contributed by atoms with Crippen LogP contribution >= 0.6 is 0 Å². The van der Waals surface area contributed by atoms with Gasteiger partial charge in [0.25, 0.3) is 0 Å². The monoisotopic (exact) mass is 175 g/mol. The summed E-state index contributed by atoms with van der Waals surface area (Å²) in [5, 5.41) is 17.1. The number of aliphatic carboxylic acids is 1. The average Bonchev–Trinajstić information content (AvgIpc) is 2.15. The van der Waals surface area contributed by atoms with Crippen LogP contribution in [0.3, 0.4) is 0 Å². The van der Waals surface area contributed by atoms with Crippen LogP contribution in [0, 0.1) is 11.3 Å². The van der Waals surface area contributed by atoms with Crippen molar-refractivity contribution in [3.8, 4) is 6.07 Å². The lowest BCUT2D eigenvalue weighted by molar-refractivity contribution is -0.136.